The number of ketones is 1. The van der Waals surface area contributed by atoms with Gasteiger partial charge < -0.3 is 4.90 Å². The minimum Gasteiger partial charge on any atom is -0.305 e. The summed E-state index contributed by atoms with van der Waals surface area (Å²) >= 11 is 3.42. The van der Waals surface area contributed by atoms with Crippen molar-refractivity contribution in [1.82, 2.24) is 9.80 Å². The summed E-state index contributed by atoms with van der Waals surface area (Å²) in [4.78, 5) is 17.1. The molecule has 0 aliphatic carbocycles. The number of carbonyl (C=O) groups excluding carboxylic acids is 1. The van der Waals surface area contributed by atoms with Gasteiger partial charge in [-0.25, -0.2) is 0 Å². The smallest absolute Gasteiger partial charge is 0.164 e. The van der Waals surface area contributed by atoms with Crippen LogP contribution in [-0.2, 0) is 0 Å². The molecule has 4 heteroatoms. The van der Waals surface area contributed by atoms with E-state index in [4.69, 9.17) is 0 Å². The average Bonchev–Trinajstić information content (AvgIpc) is 2.57. The van der Waals surface area contributed by atoms with Gasteiger partial charge in [0.1, 0.15) is 0 Å². The zero-order chi connectivity index (χ0) is 14.5. The molecule has 0 bridgehead atoms. The number of benzene rings is 1. The van der Waals surface area contributed by atoms with Crippen LogP contribution in [0, 0.1) is 0 Å². The van der Waals surface area contributed by atoms with Crippen LogP contribution < -0.4 is 0 Å². The highest BCUT2D eigenvalue weighted by Crippen LogP contribution is 2.14. The van der Waals surface area contributed by atoms with Gasteiger partial charge in [-0.1, -0.05) is 28.1 Å². The molecular formula is C16H23BrN2O. The van der Waals surface area contributed by atoms with Gasteiger partial charge in [0.25, 0.3) is 0 Å². The Morgan fingerprint density at radius 3 is 2.95 bits per heavy atom. The SMILES string of the molecule is CC1CN(C)CCCN1CCC(=O)c1cccc(Br)c1. The number of nitrogens with zero attached hydrogens (tertiary/aromatic N) is 2. The molecule has 3 nitrogen and oxygen atoms in total. The Kier molecular flexibility index (Phi) is 5.75. The molecule has 0 saturated carbocycles. The lowest BCUT2D eigenvalue weighted by molar-refractivity contribution is 0.0953. The largest absolute Gasteiger partial charge is 0.305 e. The molecule has 1 unspecified atom stereocenters. The molecule has 1 heterocycles. The van der Waals surface area contributed by atoms with Crippen molar-refractivity contribution < 1.29 is 4.79 Å². The number of Topliss-reactive ketones (excluding diaryl/α,β-unsaturated/α-hetero) is 1. The van der Waals surface area contributed by atoms with Crippen LogP contribution in [0.15, 0.2) is 28.7 Å². The summed E-state index contributed by atoms with van der Waals surface area (Å²) in [6.07, 6.45) is 1.79. The standard InChI is InChI=1S/C16H23BrN2O/c1-13-12-18(2)8-4-9-19(13)10-7-16(20)14-5-3-6-15(17)11-14/h3,5-6,11,13H,4,7-10,12H2,1-2H3. The first-order chi connectivity index (χ1) is 9.56. The van der Waals surface area contributed by atoms with Crippen molar-refractivity contribution in [1.29, 1.82) is 0 Å². The Balaban J connectivity index is 1.89. The van der Waals surface area contributed by atoms with Gasteiger partial charge >= 0.3 is 0 Å². The van der Waals surface area contributed by atoms with Gasteiger partial charge in [0.05, 0.1) is 0 Å². The van der Waals surface area contributed by atoms with E-state index in [0.717, 1.165) is 36.2 Å². The summed E-state index contributed by atoms with van der Waals surface area (Å²) in [5, 5.41) is 0. The number of halogens is 1. The summed E-state index contributed by atoms with van der Waals surface area (Å²) in [6.45, 7) is 6.45. The predicted octanol–water partition coefficient (Wildman–Crippen LogP) is 3.05. The molecular weight excluding hydrogens is 316 g/mol. The lowest BCUT2D eigenvalue weighted by atomic mass is 10.1. The summed E-state index contributed by atoms with van der Waals surface area (Å²) < 4.78 is 0.966. The van der Waals surface area contributed by atoms with Crippen molar-refractivity contribution in [3.05, 3.63) is 34.3 Å². The first-order valence-electron chi connectivity index (χ1n) is 7.27. The molecule has 1 aromatic carbocycles. The normalized spacial score (nSPS) is 21.6. The molecule has 20 heavy (non-hydrogen) atoms. The van der Waals surface area contributed by atoms with Crippen LogP contribution in [0.1, 0.15) is 30.1 Å². The van der Waals surface area contributed by atoms with Crippen LogP contribution in [-0.4, -0.2) is 54.9 Å². The van der Waals surface area contributed by atoms with Crippen molar-refractivity contribution in [2.45, 2.75) is 25.8 Å². The quantitative estimate of drug-likeness (QED) is 0.788. The highest BCUT2D eigenvalue weighted by atomic mass is 79.9. The van der Waals surface area contributed by atoms with E-state index >= 15 is 0 Å². The maximum atomic E-state index is 12.2. The van der Waals surface area contributed by atoms with Gasteiger partial charge in [0.15, 0.2) is 5.78 Å². The molecule has 0 N–H and O–H groups in total. The molecule has 110 valence electrons. The van der Waals surface area contributed by atoms with Crippen molar-refractivity contribution in [3.63, 3.8) is 0 Å². The Morgan fingerprint density at radius 2 is 2.20 bits per heavy atom. The van der Waals surface area contributed by atoms with E-state index in [-0.39, 0.29) is 5.78 Å². The second kappa shape index (κ2) is 7.34. The summed E-state index contributed by atoms with van der Waals surface area (Å²) in [6, 6.07) is 8.19. The highest BCUT2D eigenvalue weighted by molar-refractivity contribution is 9.10. The number of hydrogen-bond donors (Lipinski definition) is 0. The molecule has 0 spiro atoms. The van der Waals surface area contributed by atoms with E-state index in [1.807, 2.05) is 24.3 Å². The fourth-order valence-electron chi connectivity index (χ4n) is 2.81. The maximum Gasteiger partial charge on any atom is 0.164 e. The summed E-state index contributed by atoms with van der Waals surface area (Å²) in [5.74, 6) is 0.233. The lowest BCUT2D eigenvalue weighted by Crippen LogP contribution is -2.39. The minimum absolute atomic E-state index is 0.233. The van der Waals surface area contributed by atoms with Crippen LogP contribution in [0.5, 0.6) is 0 Å². The number of hydrogen-bond acceptors (Lipinski definition) is 3. The van der Waals surface area contributed by atoms with Crippen LogP contribution in [0.3, 0.4) is 0 Å². The van der Waals surface area contributed by atoms with E-state index in [2.05, 4.69) is 39.7 Å². The molecule has 1 fully saturated rings. The molecule has 1 aliphatic heterocycles. The van der Waals surface area contributed by atoms with Crippen molar-refractivity contribution in [2.24, 2.45) is 0 Å². The monoisotopic (exact) mass is 338 g/mol. The Hall–Kier alpha value is -0.710. The van der Waals surface area contributed by atoms with Crippen LogP contribution in [0.2, 0.25) is 0 Å². The third-order valence-corrected chi connectivity index (χ3v) is 4.45. The highest BCUT2D eigenvalue weighted by Gasteiger charge is 2.20. The van der Waals surface area contributed by atoms with E-state index in [0.29, 0.717) is 12.5 Å². The van der Waals surface area contributed by atoms with Gasteiger partial charge in [-0.05, 0) is 45.6 Å². The first-order valence-corrected chi connectivity index (χ1v) is 8.07. The van der Waals surface area contributed by atoms with E-state index < -0.39 is 0 Å². The number of likely N-dealkylation sites (N-methyl/N-ethyl adjacent to an activating group) is 1. The molecule has 1 saturated heterocycles. The summed E-state index contributed by atoms with van der Waals surface area (Å²) in [5.41, 5.74) is 0.805. The second-order valence-corrected chi connectivity index (χ2v) is 6.60. The predicted molar refractivity (Wildman–Crippen MR) is 86.2 cm³/mol. The van der Waals surface area contributed by atoms with Crippen molar-refractivity contribution in [3.8, 4) is 0 Å². The fourth-order valence-corrected chi connectivity index (χ4v) is 3.20. The van der Waals surface area contributed by atoms with Crippen LogP contribution in [0.4, 0.5) is 0 Å². The minimum atomic E-state index is 0.233. The third-order valence-electron chi connectivity index (χ3n) is 3.96. The topological polar surface area (TPSA) is 23.6 Å². The lowest BCUT2D eigenvalue weighted by Gasteiger charge is -2.27. The maximum absolute atomic E-state index is 12.2. The average molecular weight is 339 g/mol. The zero-order valence-corrected chi connectivity index (χ0v) is 13.9. The molecule has 1 aliphatic rings. The van der Waals surface area contributed by atoms with Crippen LogP contribution >= 0.6 is 15.9 Å². The van der Waals surface area contributed by atoms with Gasteiger partial charge in [-0.2, -0.15) is 0 Å². The number of carbonyl (C=O) groups is 1. The van der Waals surface area contributed by atoms with Crippen molar-refractivity contribution >= 4 is 21.7 Å². The zero-order valence-electron chi connectivity index (χ0n) is 12.3. The Morgan fingerprint density at radius 1 is 1.40 bits per heavy atom. The molecule has 0 radical (unpaired) electrons. The van der Waals surface area contributed by atoms with Gasteiger partial charge in [0.2, 0.25) is 0 Å². The summed E-state index contributed by atoms with van der Waals surface area (Å²) in [7, 11) is 2.17. The van der Waals surface area contributed by atoms with Crippen LogP contribution in [0.25, 0.3) is 0 Å². The van der Waals surface area contributed by atoms with E-state index in [1.54, 1.807) is 0 Å². The van der Waals surface area contributed by atoms with E-state index in [9.17, 15) is 4.79 Å². The van der Waals surface area contributed by atoms with Gasteiger partial charge in [0, 0.05) is 35.6 Å². The molecule has 1 atom stereocenters. The fraction of sp³-hybridized carbons (Fsp3) is 0.562. The Bertz CT molecular complexity index is 464. The van der Waals surface area contributed by atoms with Crippen molar-refractivity contribution in [2.75, 3.05) is 33.2 Å². The van der Waals surface area contributed by atoms with E-state index in [1.165, 1.54) is 6.42 Å². The first kappa shape index (κ1) is 15.7. The second-order valence-electron chi connectivity index (χ2n) is 5.68. The molecule has 0 aromatic heterocycles. The van der Waals surface area contributed by atoms with Gasteiger partial charge in [-0.15, -0.1) is 0 Å². The molecule has 1 aromatic rings. The van der Waals surface area contributed by atoms with Gasteiger partial charge in [-0.3, -0.25) is 9.69 Å². The third kappa shape index (κ3) is 4.40. The number of rotatable bonds is 4. The molecule has 2 rings (SSSR count). The molecule has 0 amide bonds. The Labute approximate surface area is 130 Å².